The average Bonchev–Trinajstić information content (AvgIpc) is 2.56. The van der Waals surface area contributed by atoms with Gasteiger partial charge < -0.3 is 19.5 Å². The molecule has 4 heteroatoms. The molecule has 0 aliphatic carbocycles. The van der Waals surface area contributed by atoms with E-state index in [1.165, 1.54) is 0 Å². The number of hydrogen-bond donors (Lipinski definition) is 1. The molecule has 0 saturated carbocycles. The first-order valence-electron chi connectivity index (χ1n) is 6.85. The molecule has 21 heavy (non-hydrogen) atoms. The quantitative estimate of drug-likeness (QED) is 0.849. The Bertz CT molecular complexity index is 535. The summed E-state index contributed by atoms with van der Waals surface area (Å²) in [6, 6.07) is 15.6. The average molecular weight is 287 g/mol. The molecule has 1 N–H and O–H groups in total. The number of benzene rings is 2. The van der Waals surface area contributed by atoms with Crippen LogP contribution in [-0.4, -0.2) is 27.9 Å². The van der Waals surface area contributed by atoms with Gasteiger partial charge in [-0.05, 0) is 36.9 Å². The van der Waals surface area contributed by atoms with E-state index in [1.807, 2.05) is 55.6 Å². The maximum absolute atomic E-state index is 5.82. The normalized spacial score (nSPS) is 11.8. The van der Waals surface area contributed by atoms with Crippen molar-refractivity contribution < 1.29 is 14.2 Å². The van der Waals surface area contributed by atoms with Gasteiger partial charge in [0.2, 0.25) is 0 Å². The first-order valence-corrected chi connectivity index (χ1v) is 6.85. The lowest BCUT2D eigenvalue weighted by atomic mass is 10.1. The van der Waals surface area contributed by atoms with Crippen molar-refractivity contribution >= 4 is 0 Å². The van der Waals surface area contributed by atoms with Crippen LogP contribution in [0.1, 0.15) is 11.6 Å². The number of para-hydroxylation sites is 1. The number of hydrogen-bond acceptors (Lipinski definition) is 4. The first-order chi connectivity index (χ1) is 10.3. The highest BCUT2D eigenvalue weighted by atomic mass is 16.5. The largest absolute Gasteiger partial charge is 0.497 e. The van der Waals surface area contributed by atoms with Crippen LogP contribution in [0.5, 0.6) is 17.2 Å². The lowest BCUT2D eigenvalue weighted by molar-refractivity contribution is 0.272. The minimum atomic E-state index is 0.0502. The first kappa shape index (κ1) is 15.2. The molecule has 1 unspecified atom stereocenters. The Morgan fingerprint density at radius 1 is 0.905 bits per heavy atom. The molecule has 112 valence electrons. The molecule has 0 fully saturated rings. The van der Waals surface area contributed by atoms with Gasteiger partial charge in [0.05, 0.1) is 20.3 Å². The van der Waals surface area contributed by atoms with Crippen LogP contribution in [0, 0.1) is 0 Å². The van der Waals surface area contributed by atoms with Gasteiger partial charge in [0.15, 0.2) is 0 Å². The van der Waals surface area contributed by atoms with E-state index in [0.717, 1.165) is 22.8 Å². The molecule has 0 aliphatic rings. The van der Waals surface area contributed by atoms with E-state index < -0.39 is 0 Å². The maximum atomic E-state index is 5.82. The SMILES string of the molecule is CNC(COc1ccccc1)c1cc(OC)cc(OC)c1. The Morgan fingerprint density at radius 2 is 1.52 bits per heavy atom. The van der Waals surface area contributed by atoms with Crippen LogP contribution in [0.2, 0.25) is 0 Å². The van der Waals surface area contributed by atoms with Gasteiger partial charge in [0.1, 0.15) is 23.9 Å². The van der Waals surface area contributed by atoms with Gasteiger partial charge in [-0.15, -0.1) is 0 Å². The summed E-state index contributed by atoms with van der Waals surface area (Å²) in [6.07, 6.45) is 0. The zero-order chi connectivity index (χ0) is 15.1. The van der Waals surface area contributed by atoms with Crippen LogP contribution in [0.4, 0.5) is 0 Å². The topological polar surface area (TPSA) is 39.7 Å². The number of likely N-dealkylation sites (N-methyl/N-ethyl adjacent to an activating group) is 1. The molecule has 0 spiro atoms. The minimum Gasteiger partial charge on any atom is -0.497 e. The molecular weight excluding hydrogens is 266 g/mol. The smallest absolute Gasteiger partial charge is 0.122 e. The number of nitrogens with one attached hydrogen (secondary N) is 1. The van der Waals surface area contributed by atoms with Crippen molar-refractivity contribution in [2.75, 3.05) is 27.9 Å². The van der Waals surface area contributed by atoms with Crippen LogP contribution in [0.15, 0.2) is 48.5 Å². The van der Waals surface area contributed by atoms with Gasteiger partial charge in [-0.2, -0.15) is 0 Å². The van der Waals surface area contributed by atoms with Crippen molar-refractivity contribution in [3.05, 3.63) is 54.1 Å². The van der Waals surface area contributed by atoms with Crippen LogP contribution in [0.25, 0.3) is 0 Å². The van der Waals surface area contributed by atoms with Crippen molar-refractivity contribution in [3.8, 4) is 17.2 Å². The van der Waals surface area contributed by atoms with Crippen LogP contribution < -0.4 is 19.5 Å². The fourth-order valence-corrected chi connectivity index (χ4v) is 2.07. The summed E-state index contributed by atoms with van der Waals surface area (Å²) in [5.41, 5.74) is 1.06. The number of rotatable bonds is 7. The van der Waals surface area contributed by atoms with Gasteiger partial charge in [-0.3, -0.25) is 0 Å². The second-order valence-electron chi connectivity index (χ2n) is 4.61. The predicted octanol–water partition coefficient (Wildman–Crippen LogP) is 3.04. The molecule has 2 aromatic carbocycles. The van der Waals surface area contributed by atoms with Gasteiger partial charge in [0, 0.05) is 6.07 Å². The van der Waals surface area contributed by atoms with Gasteiger partial charge >= 0.3 is 0 Å². The standard InChI is InChI=1S/C17H21NO3/c1-18-17(12-21-14-7-5-4-6-8-14)13-9-15(19-2)11-16(10-13)20-3/h4-11,17-18H,12H2,1-3H3. The lowest BCUT2D eigenvalue weighted by Gasteiger charge is -2.19. The number of ether oxygens (including phenoxy) is 3. The maximum Gasteiger partial charge on any atom is 0.122 e. The highest BCUT2D eigenvalue weighted by Crippen LogP contribution is 2.26. The van der Waals surface area contributed by atoms with E-state index in [0.29, 0.717) is 6.61 Å². The molecule has 0 saturated heterocycles. The predicted molar refractivity (Wildman–Crippen MR) is 83.3 cm³/mol. The van der Waals surface area contributed by atoms with Gasteiger partial charge in [-0.1, -0.05) is 18.2 Å². The molecule has 1 atom stereocenters. The molecule has 4 nitrogen and oxygen atoms in total. The van der Waals surface area contributed by atoms with E-state index in [2.05, 4.69) is 5.32 Å². The Balaban J connectivity index is 2.13. The van der Waals surface area contributed by atoms with Crippen molar-refractivity contribution in [2.24, 2.45) is 0 Å². The summed E-state index contributed by atoms with van der Waals surface area (Å²) >= 11 is 0. The molecule has 0 heterocycles. The van der Waals surface area contributed by atoms with E-state index in [1.54, 1.807) is 14.2 Å². The van der Waals surface area contributed by atoms with Crippen molar-refractivity contribution in [2.45, 2.75) is 6.04 Å². The van der Waals surface area contributed by atoms with Crippen molar-refractivity contribution in [3.63, 3.8) is 0 Å². The molecule has 0 amide bonds. The van der Waals surface area contributed by atoms with E-state index in [-0.39, 0.29) is 6.04 Å². The van der Waals surface area contributed by atoms with Crippen LogP contribution >= 0.6 is 0 Å². The molecule has 0 aliphatic heterocycles. The van der Waals surface area contributed by atoms with E-state index >= 15 is 0 Å². The van der Waals surface area contributed by atoms with E-state index in [4.69, 9.17) is 14.2 Å². The third-order valence-electron chi connectivity index (χ3n) is 3.28. The molecule has 0 aromatic heterocycles. The summed E-state index contributed by atoms with van der Waals surface area (Å²) in [7, 11) is 5.20. The summed E-state index contributed by atoms with van der Waals surface area (Å²) < 4.78 is 16.4. The fourth-order valence-electron chi connectivity index (χ4n) is 2.07. The van der Waals surface area contributed by atoms with Crippen LogP contribution in [-0.2, 0) is 0 Å². The third kappa shape index (κ3) is 4.13. The second-order valence-corrected chi connectivity index (χ2v) is 4.61. The molecule has 0 radical (unpaired) electrons. The second kappa shape index (κ2) is 7.55. The molecule has 2 rings (SSSR count). The Kier molecular flexibility index (Phi) is 5.46. The van der Waals surface area contributed by atoms with Crippen molar-refractivity contribution in [1.29, 1.82) is 0 Å². The zero-order valence-electron chi connectivity index (χ0n) is 12.6. The Hall–Kier alpha value is -2.20. The third-order valence-corrected chi connectivity index (χ3v) is 3.28. The molecule has 0 bridgehead atoms. The summed E-state index contributed by atoms with van der Waals surface area (Å²) in [4.78, 5) is 0. The van der Waals surface area contributed by atoms with Crippen LogP contribution in [0.3, 0.4) is 0 Å². The Labute approximate surface area is 125 Å². The van der Waals surface area contributed by atoms with E-state index in [9.17, 15) is 0 Å². The zero-order valence-corrected chi connectivity index (χ0v) is 12.6. The highest BCUT2D eigenvalue weighted by Gasteiger charge is 2.13. The molecular formula is C17H21NO3. The fraction of sp³-hybridized carbons (Fsp3) is 0.294. The van der Waals surface area contributed by atoms with Gasteiger partial charge in [-0.25, -0.2) is 0 Å². The Morgan fingerprint density at radius 3 is 2.05 bits per heavy atom. The minimum absolute atomic E-state index is 0.0502. The van der Waals surface area contributed by atoms with Crippen molar-refractivity contribution in [1.82, 2.24) is 5.32 Å². The molecule has 2 aromatic rings. The summed E-state index contributed by atoms with van der Waals surface area (Å²) in [5, 5.41) is 3.26. The summed E-state index contributed by atoms with van der Waals surface area (Å²) in [5.74, 6) is 2.39. The lowest BCUT2D eigenvalue weighted by Crippen LogP contribution is -2.23. The summed E-state index contributed by atoms with van der Waals surface area (Å²) in [6.45, 7) is 0.525. The monoisotopic (exact) mass is 287 g/mol. The number of methoxy groups -OCH3 is 2. The van der Waals surface area contributed by atoms with Gasteiger partial charge in [0.25, 0.3) is 0 Å². The highest BCUT2D eigenvalue weighted by molar-refractivity contribution is 5.40.